The lowest BCUT2D eigenvalue weighted by atomic mass is 9.64. The van der Waals surface area contributed by atoms with E-state index < -0.39 is 0 Å². The predicted octanol–water partition coefficient (Wildman–Crippen LogP) is 0.683. The van der Waals surface area contributed by atoms with Crippen LogP contribution in [-0.2, 0) is 15.0 Å². The smallest absolute Gasteiger partial charge is 0.239 e. The molecule has 1 aromatic carbocycles. The van der Waals surface area contributed by atoms with Gasteiger partial charge in [0.15, 0.2) is 0 Å². The van der Waals surface area contributed by atoms with Crippen LogP contribution in [0.2, 0.25) is 0 Å². The fourth-order valence-electron chi connectivity index (χ4n) is 5.99. The first-order chi connectivity index (χ1) is 13.6. The molecule has 0 radical (unpaired) electrons. The molecule has 2 unspecified atom stereocenters. The van der Waals surface area contributed by atoms with E-state index in [2.05, 4.69) is 45.4 Å². The van der Waals surface area contributed by atoms with Gasteiger partial charge in [0.05, 0.1) is 6.54 Å². The van der Waals surface area contributed by atoms with Crippen molar-refractivity contribution in [3.63, 3.8) is 0 Å². The van der Waals surface area contributed by atoms with Crippen LogP contribution in [0.15, 0.2) is 30.3 Å². The Labute approximate surface area is 166 Å². The summed E-state index contributed by atoms with van der Waals surface area (Å²) < 4.78 is 0. The van der Waals surface area contributed by atoms with Gasteiger partial charge < -0.3 is 20.0 Å². The lowest BCUT2D eigenvalue weighted by Crippen LogP contribution is -2.71. The van der Waals surface area contributed by atoms with Gasteiger partial charge >= 0.3 is 0 Å². The highest BCUT2D eigenvalue weighted by atomic mass is 16.2. The molecule has 28 heavy (non-hydrogen) atoms. The van der Waals surface area contributed by atoms with E-state index in [4.69, 9.17) is 0 Å². The van der Waals surface area contributed by atoms with Crippen LogP contribution >= 0.6 is 0 Å². The summed E-state index contributed by atoms with van der Waals surface area (Å²) in [5.41, 5.74) is 1.26. The number of likely N-dealkylation sites (tertiary alicyclic amines) is 1. The first-order valence-electron chi connectivity index (χ1n) is 10.7. The van der Waals surface area contributed by atoms with Crippen LogP contribution < -0.4 is 5.32 Å². The molecule has 0 aliphatic carbocycles. The number of rotatable bonds is 4. The average Bonchev–Trinajstić information content (AvgIpc) is 2.95. The first kappa shape index (κ1) is 18.1. The van der Waals surface area contributed by atoms with Gasteiger partial charge in [-0.05, 0) is 18.4 Å². The first-order valence-corrected chi connectivity index (χ1v) is 10.7. The van der Waals surface area contributed by atoms with Gasteiger partial charge in [-0.1, -0.05) is 30.3 Å². The van der Waals surface area contributed by atoms with Gasteiger partial charge in [0, 0.05) is 69.6 Å². The summed E-state index contributed by atoms with van der Waals surface area (Å²) in [5, 5.41) is 3.41. The largest absolute Gasteiger partial charge is 0.350 e. The van der Waals surface area contributed by atoms with Crippen LogP contribution in [-0.4, -0.2) is 84.9 Å². The molecule has 1 N–H and O–H groups in total. The highest BCUT2D eigenvalue weighted by Gasteiger charge is 2.55. The molecule has 5 aliphatic rings. The molecule has 0 aromatic heterocycles. The van der Waals surface area contributed by atoms with Crippen molar-refractivity contribution >= 4 is 11.8 Å². The maximum absolute atomic E-state index is 13.0. The summed E-state index contributed by atoms with van der Waals surface area (Å²) in [5.74, 6) is 0.566. The molecule has 6 rings (SSSR count). The highest BCUT2D eigenvalue weighted by molar-refractivity contribution is 5.85. The number of hydrogen-bond donors (Lipinski definition) is 1. The molecule has 4 bridgehead atoms. The quantitative estimate of drug-likeness (QED) is 0.832. The maximum Gasteiger partial charge on any atom is 0.239 e. The number of amides is 2. The summed E-state index contributed by atoms with van der Waals surface area (Å²) in [6.45, 7) is 7.26. The Bertz CT molecular complexity index is 736. The Morgan fingerprint density at radius 3 is 2.43 bits per heavy atom. The van der Waals surface area contributed by atoms with E-state index in [1.807, 2.05) is 0 Å². The number of carbonyl (C=O) groups is 2. The number of piperidine rings is 3. The minimum atomic E-state index is -0.0690. The summed E-state index contributed by atoms with van der Waals surface area (Å²) in [6, 6.07) is 10.9. The molecule has 5 saturated heterocycles. The molecule has 5 heterocycles. The Kier molecular flexibility index (Phi) is 4.63. The van der Waals surface area contributed by atoms with Crippen LogP contribution in [0.25, 0.3) is 0 Å². The van der Waals surface area contributed by atoms with E-state index in [0.717, 1.165) is 52.1 Å². The van der Waals surface area contributed by atoms with Crippen molar-refractivity contribution in [2.75, 3.05) is 52.4 Å². The Hall–Kier alpha value is -1.92. The van der Waals surface area contributed by atoms with Crippen molar-refractivity contribution in [3.8, 4) is 0 Å². The number of nitrogens with one attached hydrogen (secondary N) is 1. The van der Waals surface area contributed by atoms with Crippen molar-refractivity contribution in [1.82, 2.24) is 20.0 Å². The Morgan fingerprint density at radius 2 is 1.75 bits per heavy atom. The topological polar surface area (TPSA) is 55.9 Å². The molecular formula is C22H30N4O2. The van der Waals surface area contributed by atoms with Gasteiger partial charge in [0.25, 0.3) is 0 Å². The average molecular weight is 383 g/mol. The van der Waals surface area contributed by atoms with Crippen LogP contribution in [0.1, 0.15) is 24.8 Å². The number of carbonyl (C=O) groups excluding carboxylic acids is 2. The summed E-state index contributed by atoms with van der Waals surface area (Å²) >= 11 is 0. The molecule has 1 aromatic rings. The zero-order valence-electron chi connectivity index (χ0n) is 16.5. The lowest BCUT2D eigenvalue weighted by molar-refractivity contribution is -0.138. The second-order valence-corrected chi connectivity index (χ2v) is 9.07. The molecular weight excluding hydrogens is 352 g/mol. The van der Waals surface area contributed by atoms with E-state index in [1.165, 1.54) is 5.56 Å². The molecule has 5 aliphatic heterocycles. The van der Waals surface area contributed by atoms with Crippen LogP contribution in [0.3, 0.4) is 0 Å². The monoisotopic (exact) mass is 382 g/mol. The van der Waals surface area contributed by atoms with Crippen molar-refractivity contribution < 1.29 is 9.59 Å². The number of benzene rings is 1. The van der Waals surface area contributed by atoms with Gasteiger partial charge in [0.2, 0.25) is 11.8 Å². The standard InChI is InChI=1S/C22H30N4O2/c27-19(14-26-9-5-4-8-20(26)28)23-21-17-12-24-10-11-25(13-17)16-22(21,15-24)18-6-2-1-3-7-18/h1-3,6-7,17,21H,4-5,8-16H2,(H,23,27)/t17?,21-,22?/m1/s1. The molecule has 3 atom stereocenters. The van der Waals surface area contributed by atoms with Crippen LogP contribution in [0, 0.1) is 5.92 Å². The third kappa shape index (κ3) is 3.12. The third-order valence-electron chi connectivity index (χ3n) is 7.22. The fourth-order valence-corrected chi connectivity index (χ4v) is 5.99. The zero-order chi connectivity index (χ0) is 19.1. The SMILES string of the molecule is O=C(CN1CCCCC1=O)N[C@@H]1C2CN3CCN(C2)CC1(c1ccccc1)C3. The maximum atomic E-state index is 13.0. The summed E-state index contributed by atoms with van der Waals surface area (Å²) in [7, 11) is 0. The molecule has 6 heteroatoms. The predicted molar refractivity (Wildman–Crippen MR) is 107 cm³/mol. The third-order valence-corrected chi connectivity index (χ3v) is 7.22. The van der Waals surface area contributed by atoms with Crippen molar-refractivity contribution in [3.05, 3.63) is 35.9 Å². The minimum Gasteiger partial charge on any atom is -0.350 e. The van der Waals surface area contributed by atoms with Gasteiger partial charge in [-0.3, -0.25) is 9.59 Å². The van der Waals surface area contributed by atoms with Gasteiger partial charge in [-0.15, -0.1) is 0 Å². The second kappa shape index (κ2) is 7.16. The molecule has 2 amide bonds. The van der Waals surface area contributed by atoms with E-state index in [0.29, 0.717) is 18.9 Å². The van der Waals surface area contributed by atoms with Gasteiger partial charge in [-0.25, -0.2) is 0 Å². The zero-order valence-corrected chi connectivity index (χ0v) is 16.5. The van der Waals surface area contributed by atoms with E-state index in [-0.39, 0.29) is 29.8 Å². The second-order valence-electron chi connectivity index (χ2n) is 9.07. The van der Waals surface area contributed by atoms with Crippen LogP contribution in [0.5, 0.6) is 0 Å². The number of nitrogens with zero attached hydrogens (tertiary/aromatic N) is 3. The van der Waals surface area contributed by atoms with Gasteiger partial charge in [-0.2, -0.15) is 0 Å². The van der Waals surface area contributed by atoms with Crippen molar-refractivity contribution in [1.29, 1.82) is 0 Å². The van der Waals surface area contributed by atoms with Crippen molar-refractivity contribution in [2.45, 2.75) is 30.7 Å². The Balaban J connectivity index is 1.40. The van der Waals surface area contributed by atoms with E-state index in [1.54, 1.807) is 4.90 Å². The summed E-state index contributed by atoms with van der Waals surface area (Å²) in [4.78, 5) is 32.0. The Morgan fingerprint density at radius 1 is 1.04 bits per heavy atom. The molecule has 150 valence electrons. The normalized spacial score (nSPS) is 37.0. The van der Waals surface area contributed by atoms with E-state index >= 15 is 0 Å². The highest BCUT2D eigenvalue weighted by Crippen LogP contribution is 2.43. The molecule has 5 fully saturated rings. The van der Waals surface area contributed by atoms with Crippen LogP contribution in [0.4, 0.5) is 0 Å². The van der Waals surface area contributed by atoms with Crippen molar-refractivity contribution in [2.24, 2.45) is 5.92 Å². The number of hydrogen-bond acceptors (Lipinski definition) is 4. The lowest BCUT2D eigenvalue weighted by Gasteiger charge is -2.56. The summed E-state index contributed by atoms with van der Waals surface area (Å²) in [6.07, 6.45) is 2.53. The molecule has 0 saturated carbocycles. The molecule has 6 nitrogen and oxygen atoms in total. The van der Waals surface area contributed by atoms with E-state index in [9.17, 15) is 9.59 Å². The fraction of sp³-hybridized carbons (Fsp3) is 0.636. The number of fused-ring (bicyclic) bond motifs is 1. The van der Waals surface area contributed by atoms with Gasteiger partial charge in [0.1, 0.15) is 0 Å². The molecule has 0 spiro atoms. The minimum absolute atomic E-state index is 0.00621.